The second-order valence-electron chi connectivity index (χ2n) is 5.03. The summed E-state index contributed by atoms with van der Waals surface area (Å²) in [6.07, 6.45) is 2.88. The molecule has 1 aliphatic carbocycles. The van der Waals surface area contributed by atoms with E-state index < -0.39 is 6.43 Å². The molecule has 6 heteroatoms. The highest BCUT2D eigenvalue weighted by Crippen LogP contribution is 2.35. The zero-order valence-electron chi connectivity index (χ0n) is 10.7. The van der Waals surface area contributed by atoms with E-state index in [1.165, 1.54) is 25.7 Å². The fourth-order valence-corrected chi connectivity index (χ4v) is 3.08. The van der Waals surface area contributed by atoms with Crippen LogP contribution in [0.4, 0.5) is 8.78 Å². The molecule has 1 N–H and O–H groups in total. The van der Waals surface area contributed by atoms with Crippen LogP contribution in [0, 0.1) is 11.8 Å². The first kappa shape index (κ1) is 15.9. The van der Waals surface area contributed by atoms with Gasteiger partial charge in [-0.05, 0) is 24.7 Å². The van der Waals surface area contributed by atoms with Gasteiger partial charge in [-0.3, -0.25) is 4.99 Å². The van der Waals surface area contributed by atoms with Crippen LogP contribution in [0.5, 0.6) is 0 Å². The third-order valence-corrected chi connectivity index (χ3v) is 3.90. The predicted molar refractivity (Wildman–Crippen MR) is 79.8 cm³/mol. The summed E-state index contributed by atoms with van der Waals surface area (Å²) in [6, 6.07) is 0. The molecule has 0 aromatic rings. The lowest BCUT2D eigenvalue weighted by Gasteiger charge is -2.22. The van der Waals surface area contributed by atoms with E-state index in [4.69, 9.17) is 0 Å². The Labute approximate surface area is 124 Å². The highest BCUT2D eigenvalue weighted by molar-refractivity contribution is 14.0. The highest BCUT2D eigenvalue weighted by Gasteiger charge is 2.35. The van der Waals surface area contributed by atoms with Gasteiger partial charge in [-0.2, -0.15) is 0 Å². The Morgan fingerprint density at radius 3 is 2.28 bits per heavy atom. The lowest BCUT2D eigenvalue weighted by Crippen LogP contribution is -2.42. The average Bonchev–Trinajstić information content (AvgIpc) is 2.72. The van der Waals surface area contributed by atoms with Gasteiger partial charge in [0.25, 0.3) is 6.43 Å². The first-order chi connectivity index (χ1) is 8.20. The van der Waals surface area contributed by atoms with Crippen molar-refractivity contribution in [3.63, 3.8) is 0 Å². The Hall–Kier alpha value is -0.140. The molecule has 1 saturated carbocycles. The smallest absolute Gasteiger partial charge is 0.255 e. The van der Waals surface area contributed by atoms with Crippen LogP contribution in [0.25, 0.3) is 0 Å². The third-order valence-electron chi connectivity index (χ3n) is 3.90. The third kappa shape index (κ3) is 3.93. The van der Waals surface area contributed by atoms with Crippen molar-refractivity contribution in [3.05, 3.63) is 0 Å². The minimum absolute atomic E-state index is 0. The van der Waals surface area contributed by atoms with E-state index in [2.05, 4.69) is 15.2 Å². The van der Waals surface area contributed by atoms with Crippen molar-refractivity contribution >= 4 is 29.9 Å². The van der Waals surface area contributed by atoms with Crippen molar-refractivity contribution in [2.75, 3.05) is 26.7 Å². The summed E-state index contributed by atoms with van der Waals surface area (Å²) in [7, 11) is 1.66. The Bertz CT molecular complexity index is 272. The molecule has 2 aliphatic rings. The molecule has 2 fully saturated rings. The maximum atomic E-state index is 12.2. The Balaban J connectivity index is 0.00000162. The molecule has 1 heterocycles. The van der Waals surface area contributed by atoms with Crippen LogP contribution in [0.3, 0.4) is 0 Å². The number of nitrogens with one attached hydrogen (secondary N) is 1. The predicted octanol–water partition coefficient (Wildman–Crippen LogP) is 2.57. The standard InChI is InChI=1S/C12H21F2N3.HI/c1-15-12(16-6-11(13)14)17-7-9-4-2-3-5-10(9)8-17;/h9-11H,2-8H2,1H3,(H,15,16);1H. The summed E-state index contributed by atoms with van der Waals surface area (Å²) >= 11 is 0. The molecule has 106 valence electrons. The lowest BCUT2D eigenvalue weighted by atomic mass is 9.82. The molecule has 3 nitrogen and oxygen atoms in total. The van der Waals surface area contributed by atoms with Crippen molar-refractivity contribution < 1.29 is 8.78 Å². The summed E-state index contributed by atoms with van der Waals surface area (Å²) in [5.41, 5.74) is 0. The Morgan fingerprint density at radius 1 is 1.28 bits per heavy atom. The topological polar surface area (TPSA) is 27.6 Å². The van der Waals surface area contributed by atoms with Crippen molar-refractivity contribution in [2.45, 2.75) is 32.1 Å². The average molecular weight is 373 g/mol. The molecule has 0 amide bonds. The quantitative estimate of drug-likeness (QED) is 0.458. The first-order valence-electron chi connectivity index (χ1n) is 6.44. The van der Waals surface area contributed by atoms with Gasteiger partial charge in [0.2, 0.25) is 0 Å². The largest absolute Gasteiger partial charge is 0.351 e. The molecular formula is C12H22F2IN3. The van der Waals surface area contributed by atoms with E-state index in [9.17, 15) is 8.78 Å². The van der Waals surface area contributed by atoms with Crippen molar-refractivity contribution in [2.24, 2.45) is 16.8 Å². The van der Waals surface area contributed by atoms with E-state index in [1.54, 1.807) is 7.05 Å². The number of guanidine groups is 1. The summed E-state index contributed by atoms with van der Waals surface area (Å²) in [4.78, 5) is 6.24. The molecular weight excluding hydrogens is 351 g/mol. The van der Waals surface area contributed by atoms with Crippen molar-refractivity contribution in [1.29, 1.82) is 0 Å². The van der Waals surface area contributed by atoms with Gasteiger partial charge in [0.1, 0.15) is 0 Å². The molecule has 0 aromatic heterocycles. The minimum Gasteiger partial charge on any atom is -0.351 e. The molecule has 0 radical (unpaired) electrons. The van der Waals surface area contributed by atoms with Gasteiger partial charge in [-0.25, -0.2) is 8.78 Å². The van der Waals surface area contributed by atoms with Crippen LogP contribution < -0.4 is 5.32 Å². The summed E-state index contributed by atoms with van der Waals surface area (Å²) in [6.45, 7) is 1.65. The maximum absolute atomic E-state index is 12.2. The SMILES string of the molecule is CN=C(NCC(F)F)N1CC2CCCCC2C1.I. The fraction of sp³-hybridized carbons (Fsp3) is 0.917. The van der Waals surface area contributed by atoms with E-state index in [0.717, 1.165) is 24.9 Å². The molecule has 0 aromatic carbocycles. The van der Waals surface area contributed by atoms with E-state index in [1.807, 2.05) is 0 Å². The number of hydrogen-bond donors (Lipinski definition) is 1. The van der Waals surface area contributed by atoms with Gasteiger partial charge in [0.15, 0.2) is 5.96 Å². The van der Waals surface area contributed by atoms with Crippen LogP contribution in [0.1, 0.15) is 25.7 Å². The second kappa shape index (κ2) is 7.45. The summed E-state index contributed by atoms with van der Waals surface area (Å²) < 4.78 is 24.4. The van der Waals surface area contributed by atoms with Gasteiger partial charge in [0, 0.05) is 20.1 Å². The van der Waals surface area contributed by atoms with Crippen LogP contribution >= 0.6 is 24.0 Å². The van der Waals surface area contributed by atoms with Gasteiger partial charge in [-0.1, -0.05) is 12.8 Å². The molecule has 1 saturated heterocycles. The monoisotopic (exact) mass is 373 g/mol. The first-order valence-corrected chi connectivity index (χ1v) is 6.44. The van der Waals surface area contributed by atoms with Gasteiger partial charge < -0.3 is 10.2 Å². The molecule has 0 bridgehead atoms. The molecule has 1 aliphatic heterocycles. The number of aliphatic imine (C=N–C) groups is 1. The zero-order chi connectivity index (χ0) is 12.3. The number of hydrogen-bond acceptors (Lipinski definition) is 1. The van der Waals surface area contributed by atoms with Crippen LogP contribution in [0.15, 0.2) is 4.99 Å². The lowest BCUT2D eigenvalue weighted by molar-refractivity contribution is 0.151. The fourth-order valence-electron chi connectivity index (χ4n) is 3.08. The van der Waals surface area contributed by atoms with Crippen LogP contribution in [0.2, 0.25) is 0 Å². The van der Waals surface area contributed by atoms with Gasteiger partial charge >= 0.3 is 0 Å². The number of nitrogens with zero attached hydrogens (tertiary/aromatic N) is 2. The van der Waals surface area contributed by atoms with Crippen molar-refractivity contribution in [1.82, 2.24) is 10.2 Å². The maximum Gasteiger partial charge on any atom is 0.255 e. The minimum atomic E-state index is -2.32. The number of alkyl halides is 2. The van der Waals surface area contributed by atoms with Crippen LogP contribution in [-0.2, 0) is 0 Å². The zero-order valence-corrected chi connectivity index (χ0v) is 13.1. The van der Waals surface area contributed by atoms with Gasteiger partial charge in [0.05, 0.1) is 6.54 Å². The Kier molecular flexibility index (Phi) is 6.59. The number of fused-ring (bicyclic) bond motifs is 1. The molecule has 0 spiro atoms. The Morgan fingerprint density at radius 2 is 1.83 bits per heavy atom. The van der Waals surface area contributed by atoms with Gasteiger partial charge in [-0.15, -0.1) is 24.0 Å². The van der Waals surface area contributed by atoms with E-state index in [-0.39, 0.29) is 30.5 Å². The summed E-state index contributed by atoms with van der Waals surface area (Å²) in [5, 5.41) is 2.75. The molecule has 2 rings (SSSR count). The van der Waals surface area contributed by atoms with E-state index >= 15 is 0 Å². The summed E-state index contributed by atoms with van der Waals surface area (Å²) in [5.74, 6) is 2.13. The highest BCUT2D eigenvalue weighted by atomic mass is 127. The molecule has 2 unspecified atom stereocenters. The normalized spacial score (nSPS) is 28.0. The molecule has 2 atom stereocenters. The number of likely N-dealkylation sites (tertiary alicyclic amines) is 1. The number of rotatable bonds is 2. The van der Waals surface area contributed by atoms with E-state index in [0.29, 0.717) is 5.96 Å². The van der Waals surface area contributed by atoms with Crippen molar-refractivity contribution in [3.8, 4) is 0 Å². The van der Waals surface area contributed by atoms with Crippen LogP contribution in [-0.4, -0.2) is 44.0 Å². The second-order valence-corrected chi connectivity index (χ2v) is 5.03. The number of halogens is 3. The molecule has 18 heavy (non-hydrogen) atoms.